The Kier molecular flexibility index (Phi) is 7.24. The first-order chi connectivity index (χ1) is 6.16. The van der Waals surface area contributed by atoms with Crippen molar-refractivity contribution in [2.45, 2.75) is 26.0 Å². The third-order valence-electron chi connectivity index (χ3n) is 1.53. The largest absolute Gasteiger partial charge is 0.379 e. The Morgan fingerprint density at radius 2 is 2.15 bits per heavy atom. The minimum absolute atomic E-state index is 0.136. The number of nitrogens with one attached hydrogen (secondary N) is 2. The zero-order valence-electron chi connectivity index (χ0n) is 8.05. The molecular formula is C9H18N2O2. The average Bonchev–Trinajstić information content (AvgIpc) is 2.10. The summed E-state index contributed by atoms with van der Waals surface area (Å²) >= 11 is 0. The van der Waals surface area contributed by atoms with Gasteiger partial charge in [-0.15, -0.1) is 0 Å². The Hall–Kier alpha value is -0.870. The molecule has 0 radical (unpaired) electrons. The molecular weight excluding hydrogens is 168 g/mol. The van der Waals surface area contributed by atoms with Crippen LogP contribution in [0.2, 0.25) is 0 Å². The van der Waals surface area contributed by atoms with Crippen LogP contribution in [0.5, 0.6) is 0 Å². The van der Waals surface area contributed by atoms with Gasteiger partial charge in [-0.05, 0) is 32.4 Å². The van der Waals surface area contributed by atoms with E-state index in [2.05, 4.69) is 17.2 Å². The molecule has 0 aliphatic heterocycles. The van der Waals surface area contributed by atoms with E-state index in [0.717, 1.165) is 19.4 Å². The van der Waals surface area contributed by atoms with E-state index in [1.807, 2.05) is 0 Å². The molecule has 1 amide bonds. The SMILES string of the molecule is C=CC(=O)NCCCCNC(C)O. The summed E-state index contributed by atoms with van der Waals surface area (Å²) in [5, 5.41) is 14.4. The normalized spacial score (nSPS) is 12.2. The van der Waals surface area contributed by atoms with Gasteiger partial charge in [0.1, 0.15) is 6.23 Å². The summed E-state index contributed by atoms with van der Waals surface area (Å²) in [7, 11) is 0. The van der Waals surface area contributed by atoms with Gasteiger partial charge in [0.05, 0.1) is 0 Å². The maximum atomic E-state index is 10.7. The van der Waals surface area contributed by atoms with E-state index in [0.29, 0.717) is 6.54 Å². The third-order valence-corrected chi connectivity index (χ3v) is 1.53. The lowest BCUT2D eigenvalue weighted by Gasteiger charge is -2.06. The molecule has 3 N–H and O–H groups in total. The van der Waals surface area contributed by atoms with Crippen LogP contribution in [0.4, 0.5) is 0 Å². The minimum Gasteiger partial charge on any atom is -0.379 e. The van der Waals surface area contributed by atoms with Gasteiger partial charge < -0.3 is 10.4 Å². The fourth-order valence-corrected chi connectivity index (χ4v) is 0.845. The van der Waals surface area contributed by atoms with Crippen molar-refractivity contribution in [2.24, 2.45) is 0 Å². The molecule has 0 aromatic rings. The molecule has 0 aliphatic carbocycles. The second-order valence-corrected chi connectivity index (χ2v) is 2.83. The summed E-state index contributed by atoms with van der Waals surface area (Å²) in [6, 6.07) is 0. The number of hydrogen-bond acceptors (Lipinski definition) is 3. The topological polar surface area (TPSA) is 61.4 Å². The Bertz CT molecular complexity index is 158. The molecule has 76 valence electrons. The highest BCUT2D eigenvalue weighted by molar-refractivity contribution is 5.86. The van der Waals surface area contributed by atoms with Crippen molar-refractivity contribution < 1.29 is 9.90 Å². The third kappa shape index (κ3) is 9.04. The fourth-order valence-electron chi connectivity index (χ4n) is 0.845. The zero-order valence-corrected chi connectivity index (χ0v) is 8.05. The van der Waals surface area contributed by atoms with Crippen LogP contribution in [0.15, 0.2) is 12.7 Å². The van der Waals surface area contributed by atoms with E-state index in [1.165, 1.54) is 6.08 Å². The van der Waals surface area contributed by atoms with E-state index >= 15 is 0 Å². The molecule has 0 aromatic carbocycles. The van der Waals surface area contributed by atoms with Crippen LogP contribution >= 0.6 is 0 Å². The quantitative estimate of drug-likeness (QED) is 0.298. The number of aliphatic hydroxyl groups is 1. The smallest absolute Gasteiger partial charge is 0.243 e. The summed E-state index contributed by atoms with van der Waals surface area (Å²) in [5.41, 5.74) is 0. The number of rotatable bonds is 7. The highest BCUT2D eigenvalue weighted by Gasteiger charge is 1.94. The summed E-state index contributed by atoms with van der Waals surface area (Å²) in [5.74, 6) is -0.136. The molecule has 1 unspecified atom stereocenters. The molecule has 0 spiro atoms. The van der Waals surface area contributed by atoms with Crippen molar-refractivity contribution in [3.8, 4) is 0 Å². The van der Waals surface area contributed by atoms with E-state index in [1.54, 1.807) is 6.92 Å². The Morgan fingerprint density at radius 3 is 2.69 bits per heavy atom. The van der Waals surface area contributed by atoms with E-state index in [4.69, 9.17) is 5.11 Å². The molecule has 13 heavy (non-hydrogen) atoms. The number of hydrogen-bond donors (Lipinski definition) is 3. The van der Waals surface area contributed by atoms with Gasteiger partial charge in [0.2, 0.25) is 5.91 Å². The molecule has 0 saturated carbocycles. The summed E-state index contributed by atoms with van der Waals surface area (Å²) in [6.45, 7) is 6.45. The van der Waals surface area contributed by atoms with Crippen molar-refractivity contribution in [1.82, 2.24) is 10.6 Å². The van der Waals surface area contributed by atoms with Gasteiger partial charge in [-0.25, -0.2) is 0 Å². The second kappa shape index (κ2) is 7.76. The molecule has 0 rings (SSSR count). The molecule has 4 nitrogen and oxygen atoms in total. The Balaban J connectivity index is 3.08. The first-order valence-electron chi connectivity index (χ1n) is 4.48. The van der Waals surface area contributed by atoms with Gasteiger partial charge >= 0.3 is 0 Å². The summed E-state index contributed by atoms with van der Waals surface area (Å²) in [4.78, 5) is 10.7. The van der Waals surface area contributed by atoms with Gasteiger partial charge in [0.25, 0.3) is 0 Å². The Labute approximate surface area is 79.0 Å². The lowest BCUT2D eigenvalue weighted by Crippen LogP contribution is -2.27. The highest BCUT2D eigenvalue weighted by Crippen LogP contribution is 1.85. The summed E-state index contributed by atoms with van der Waals surface area (Å²) < 4.78 is 0. The lowest BCUT2D eigenvalue weighted by molar-refractivity contribution is -0.116. The fraction of sp³-hybridized carbons (Fsp3) is 0.667. The van der Waals surface area contributed by atoms with Gasteiger partial charge in [-0.2, -0.15) is 0 Å². The number of amides is 1. The standard InChI is InChI=1S/C9H18N2O2/c1-3-9(13)11-7-5-4-6-10-8(2)12/h3,8,10,12H,1,4-7H2,2H3,(H,11,13). The van der Waals surface area contributed by atoms with Crippen LogP contribution in [-0.4, -0.2) is 30.3 Å². The van der Waals surface area contributed by atoms with Crippen LogP contribution < -0.4 is 10.6 Å². The average molecular weight is 186 g/mol. The first-order valence-corrected chi connectivity index (χ1v) is 4.48. The van der Waals surface area contributed by atoms with Gasteiger partial charge in [0, 0.05) is 6.54 Å². The van der Waals surface area contributed by atoms with Crippen LogP contribution in [0.3, 0.4) is 0 Å². The van der Waals surface area contributed by atoms with Crippen molar-refractivity contribution >= 4 is 5.91 Å². The van der Waals surface area contributed by atoms with E-state index < -0.39 is 6.23 Å². The molecule has 4 heteroatoms. The second-order valence-electron chi connectivity index (χ2n) is 2.83. The van der Waals surface area contributed by atoms with Crippen LogP contribution in [0.1, 0.15) is 19.8 Å². The number of aliphatic hydroxyl groups excluding tert-OH is 1. The molecule has 1 atom stereocenters. The van der Waals surface area contributed by atoms with Crippen molar-refractivity contribution in [3.05, 3.63) is 12.7 Å². The van der Waals surface area contributed by atoms with Crippen molar-refractivity contribution in [1.29, 1.82) is 0 Å². The number of carbonyl (C=O) groups is 1. The molecule has 0 aromatic heterocycles. The zero-order chi connectivity index (χ0) is 10.1. The van der Waals surface area contributed by atoms with Crippen LogP contribution in [0, 0.1) is 0 Å². The number of carbonyl (C=O) groups excluding carboxylic acids is 1. The molecule has 0 bridgehead atoms. The minimum atomic E-state index is -0.456. The Morgan fingerprint density at radius 1 is 1.54 bits per heavy atom. The molecule has 0 aliphatic rings. The van der Waals surface area contributed by atoms with E-state index in [-0.39, 0.29) is 5.91 Å². The monoisotopic (exact) mass is 186 g/mol. The summed E-state index contributed by atoms with van der Waals surface area (Å²) in [6.07, 6.45) is 2.64. The predicted octanol–water partition coefficient (Wildman–Crippen LogP) is -0.00330. The molecule has 0 saturated heterocycles. The lowest BCUT2D eigenvalue weighted by atomic mass is 10.3. The highest BCUT2D eigenvalue weighted by atomic mass is 16.3. The molecule has 0 heterocycles. The maximum Gasteiger partial charge on any atom is 0.243 e. The molecule has 0 fully saturated rings. The van der Waals surface area contributed by atoms with E-state index in [9.17, 15) is 4.79 Å². The maximum absolute atomic E-state index is 10.7. The van der Waals surface area contributed by atoms with Gasteiger partial charge in [0.15, 0.2) is 0 Å². The van der Waals surface area contributed by atoms with Crippen LogP contribution in [-0.2, 0) is 4.79 Å². The first kappa shape index (κ1) is 12.1. The van der Waals surface area contributed by atoms with Crippen LogP contribution in [0.25, 0.3) is 0 Å². The van der Waals surface area contributed by atoms with Crippen molar-refractivity contribution in [2.75, 3.05) is 13.1 Å². The van der Waals surface area contributed by atoms with Gasteiger partial charge in [-0.1, -0.05) is 6.58 Å². The number of unbranched alkanes of at least 4 members (excludes halogenated alkanes) is 1. The van der Waals surface area contributed by atoms with Gasteiger partial charge in [-0.3, -0.25) is 10.1 Å². The van der Waals surface area contributed by atoms with Crippen molar-refractivity contribution in [3.63, 3.8) is 0 Å². The predicted molar refractivity (Wildman–Crippen MR) is 52.1 cm³/mol.